The quantitative estimate of drug-likeness (QED) is 0.800. The van der Waals surface area contributed by atoms with E-state index in [4.69, 9.17) is 4.52 Å². The summed E-state index contributed by atoms with van der Waals surface area (Å²) in [7, 11) is 0. The van der Waals surface area contributed by atoms with Crippen LogP contribution in [0.3, 0.4) is 0 Å². The lowest BCUT2D eigenvalue weighted by Crippen LogP contribution is -2.44. The number of pyridine rings is 1. The van der Waals surface area contributed by atoms with Crippen molar-refractivity contribution in [1.29, 1.82) is 0 Å². The lowest BCUT2D eigenvalue weighted by molar-refractivity contribution is -0.137. The third-order valence-electron chi connectivity index (χ3n) is 4.65. The van der Waals surface area contributed by atoms with Crippen LogP contribution >= 0.6 is 0 Å². The lowest BCUT2D eigenvalue weighted by atomic mass is 9.96. The Morgan fingerprint density at radius 3 is 2.92 bits per heavy atom. The first-order valence-electron chi connectivity index (χ1n) is 8.96. The van der Waals surface area contributed by atoms with Gasteiger partial charge < -0.3 is 9.42 Å². The van der Waals surface area contributed by atoms with Gasteiger partial charge in [0.1, 0.15) is 5.69 Å². The number of hydrogen-bond acceptors (Lipinski definition) is 6. The standard InChI is InChI=1S/C18H25N5O2/c1-3-23(4-2)18(24)14-8-7-11-22(12-14)13-16-20-17(21-25-16)15-9-5-6-10-19-15/h5-6,9-10,14H,3-4,7-8,11-13H2,1-2H3/t14-/m1/s1. The molecular formula is C18H25N5O2. The van der Waals surface area contributed by atoms with Gasteiger partial charge in [-0.2, -0.15) is 4.98 Å². The molecule has 1 fully saturated rings. The van der Waals surface area contributed by atoms with E-state index < -0.39 is 0 Å². The van der Waals surface area contributed by atoms with Crippen molar-refractivity contribution in [2.45, 2.75) is 33.2 Å². The van der Waals surface area contributed by atoms with E-state index in [1.54, 1.807) is 6.20 Å². The zero-order chi connectivity index (χ0) is 17.6. The molecule has 2 aromatic rings. The molecule has 7 heteroatoms. The van der Waals surface area contributed by atoms with Gasteiger partial charge in [0.25, 0.3) is 0 Å². The van der Waals surface area contributed by atoms with E-state index >= 15 is 0 Å². The van der Waals surface area contributed by atoms with Crippen LogP contribution in [0.1, 0.15) is 32.6 Å². The highest BCUT2D eigenvalue weighted by molar-refractivity contribution is 5.79. The molecule has 1 atom stereocenters. The van der Waals surface area contributed by atoms with Crippen molar-refractivity contribution in [3.05, 3.63) is 30.3 Å². The molecule has 25 heavy (non-hydrogen) atoms. The molecule has 0 aromatic carbocycles. The Hall–Kier alpha value is -2.28. The molecule has 3 rings (SSSR count). The van der Waals surface area contributed by atoms with Crippen molar-refractivity contribution in [2.24, 2.45) is 5.92 Å². The summed E-state index contributed by atoms with van der Waals surface area (Å²) in [6.07, 6.45) is 3.67. The number of likely N-dealkylation sites (tertiary alicyclic amines) is 1. The molecule has 0 aliphatic carbocycles. The molecule has 7 nitrogen and oxygen atoms in total. The second kappa shape index (κ2) is 8.20. The van der Waals surface area contributed by atoms with Gasteiger partial charge in [0.05, 0.1) is 12.5 Å². The monoisotopic (exact) mass is 343 g/mol. The number of aromatic nitrogens is 3. The fraction of sp³-hybridized carbons (Fsp3) is 0.556. The molecule has 1 saturated heterocycles. The summed E-state index contributed by atoms with van der Waals surface area (Å²) < 4.78 is 5.37. The van der Waals surface area contributed by atoms with Crippen LogP contribution in [0.25, 0.3) is 11.5 Å². The van der Waals surface area contributed by atoms with E-state index in [0.29, 0.717) is 24.0 Å². The summed E-state index contributed by atoms with van der Waals surface area (Å²) in [5.74, 6) is 1.39. The van der Waals surface area contributed by atoms with Gasteiger partial charge in [-0.15, -0.1) is 0 Å². The Labute approximate surface area is 148 Å². The molecular weight excluding hydrogens is 318 g/mol. The number of nitrogens with zero attached hydrogens (tertiary/aromatic N) is 5. The first-order chi connectivity index (χ1) is 12.2. The van der Waals surface area contributed by atoms with Crippen LogP contribution < -0.4 is 0 Å². The second-order valence-corrected chi connectivity index (χ2v) is 6.31. The third kappa shape index (κ3) is 4.22. The first-order valence-corrected chi connectivity index (χ1v) is 8.96. The fourth-order valence-electron chi connectivity index (χ4n) is 3.30. The highest BCUT2D eigenvalue weighted by atomic mass is 16.5. The van der Waals surface area contributed by atoms with Crippen molar-refractivity contribution in [2.75, 3.05) is 26.2 Å². The van der Waals surface area contributed by atoms with Crippen molar-refractivity contribution < 1.29 is 9.32 Å². The summed E-state index contributed by atoms with van der Waals surface area (Å²) >= 11 is 0. The van der Waals surface area contributed by atoms with Gasteiger partial charge in [0, 0.05) is 25.8 Å². The summed E-state index contributed by atoms with van der Waals surface area (Å²) in [5.41, 5.74) is 0.700. The largest absolute Gasteiger partial charge is 0.343 e. The second-order valence-electron chi connectivity index (χ2n) is 6.31. The predicted molar refractivity (Wildman–Crippen MR) is 93.5 cm³/mol. The first kappa shape index (κ1) is 17.5. The molecule has 0 saturated carbocycles. The molecule has 1 aliphatic rings. The van der Waals surface area contributed by atoms with Gasteiger partial charge in [-0.3, -0.25) is 14.7 Å². The zero-order valence-corrected chi connectivity index (χ0v) is 14.9. The maximum Gasteiger partial charge on any atom is 0.241 e. The Morgan fingerprint density at radius 2 is 2.20 bits per heavy atom. The molecule has 0 spiro atoms. The molecule has 0 radical (unpaired) electrons. The highest BCUT2D eigenvalue weighted by Gasteiger charge is 2.29. The molecule has 0 unspecified atom stereocenters. The Bertz CT molecular complexity index is 684. The Morgan fingerprint density at radius 1 is 1.36 bits per heavy atom. The minimum absolute atomic E-state index is 0.0619. The SMILES string of the molecule is CCN(CC)C(=O)[C@@H]1CCCN(Cc2nc(-c3ccccn3)no2)C1. The average molecular weight is 343 g/mol. The van der Waals surface area contributed by atoms with E-state index in [-0.39, 0.29) is 11.8 Å². The highest BCUT2D eigenvalue weighted by Crippen LogP contribution is 2.21. The summed E-state index contributed by atoms with van der Waals surface area (Å²) in [5, 5.41) is 4.01. The molecule has 3 heterocycles. The molecule has 1 aliphatic heterocycles. The summed E-state index contributed by atoms with van der Waals surface area (Å²) in [6, 6.07) is 5.60. The number of carbonyl (C=O) groups is 1. The van der Waals surface area contributed by atoms with Crippen LogP contribution in [0.15, 0.2) is 28.9 Å². The molecule has 1 amide bonds. The van der Waals surface area contributed by atoms with E-state index in [1.807, 2.05) is 36.9 Å². The smallest absolute Gasteiger partial charge is 0.241 e. The zero-order valence-electron chi connectivity index (χ0n) is 14.9. The number of carbonyl (C=O) groups excluding carboxylic acids is 1. The molecule has 2 aromatic heterocycles. The predicted octanol–water partition coefficient (Wildman–Crippen LogP) is 2.21. The van der Waals surface area contributed by atoms with Crippen LogP contribution in [0, 0.1) is 5.92 Å². The maximum absolute atomic E-state index is 12.6. The topological polar surface area (TPSA) is 75.4 Å². The number of rotatable bonds is 6. The Kier molecular flexibility index (Phi) is 5.75. The number of hydrogen-bond donors (Lipinski definition) is 0. The maximum atomic E-state index is 12.6. The number of amides is 1. The van der Waals surface area contributed by atoms with E-state index in [0.717, 1.165) is 39.0 Å². The van der Waals surface area contributed by atoms with E-state index in [2.05, 4.69) is 20.0 Å². The van der Waals surface area contributed by atoms with Crippen LogP contribution in [0.2, 0.25) is 0 Å². The normalized spacial score (nSPS) is 18.2. The van der Waals surface area contributed by atoms with Crippen LogP contribution in [0.5, 0.6) is 0 Å². The van der Waals surface area contributed by atoms with E-state index in [9.17, 15) is 4.79 Å². The average Bonchev–Trinajstić information content (AvgIpc) is 3.12. The van der Waals surface area contributed by atoms with Gasteiger partial charge >= 0.3 is 0 Å². The lowest BCUT2D eigenvalue weighted by Gasteiger charge is -2.33. The summed E-state index contributed by atoms with van der Waals surface area (Å²) in [4.78, 5) is 25.4. The number of piperidine rings is 1. The van der Waals surface area contributed by atoms with Crippen molar-refractivity contribution in [1.82, 2.24) is 24.9 Å². The van der Waals surface area contributed by atoms with Crippen molar-refractivity contribution in [3.8, 4) is 11.5 Å². The van der Waals surface area contributed by atoms with Gasteiger partial charge in [0.2, 0.25) is 17.6 Å². The van der Waals surface area contributed by atoms with Gasteiger partial charge in [0.15, 0.2) is 0 Å². The molecule has 0 bridgehead atoms. The van der Waals surface area contributed by atoms with Crippen LogP contribution in [0.4, 0.5) is 0 Å². The van der Waals surface area contributed by atoms with E-state index in [1.165, 1.54) is 0 Å². The van der Waals surface area contributed by atoms with Crippen molar-refractivity contribution >= 4 is 5.91 Å². The fourth-order valence-corrected chi connectivity index (χ4v) is 3.30. The molecule has 134 valence electrons. The van der Waals surface area contributed by atoms with Crippen molar-refractivity contribution in [3.63, 3.8) is 0 Å². The third-order valence-corrected chi connectivity index (χ3v) is 4.65. The van der Waals surface area contributed by atoms with Gasteiger partial charge in [-0.25, -0.2) is 0 Å². The Balaban J connectivity index is 1.61. The van der Waals surface area contributed by atoms with Gasteiger partial charge in [-0.1, -0.05) is 11.2 Å². The summed E-state index contributed by atoms with van der Waals surface area (Å²) in [6.45, 7) is 7.85. The molecule has 0 N–H and O–H groups in total. The van der Waals surface area contributed by atoms with Crippen LogP contribution in [-0.2, 0) is 11.3 Å². The minimum atomic E-state index is 0.0619. The van der Waals surface area contributed by atoms with Crippen LogP contribution in [-0.4, -0.2) is 57.0 Å². The van der Waals surface area contributed by atoms with Gasteiger partial charge in [-0.05, 0) is 45.4 Å². The minimum Gasteiger partial charge on any atom is -0.343 e.